The fourth-order valence-electron chi connectivity index (χ4n) is 2.48. The average Bonchev–Trinajstić information content (AvgIpc) is 2.88. The molecule has 4 nitrogen and oxygen atoms in total. The summed E-state index contributed by atoms with van der Waals surface area (Å²) in [5.41, 5.74) is 1.11. The Kier molecular flexibility index (Phi) is 6.00. The molecule has 1 aromatic rings. The van der Waals surface area contributed by atoms with E-state index in [1.54, 1.807) is 7.11 Å². The minimum Gasteiger partial charge on any atom is -0.497 e. The monoisotopic (exact) mass is 306 g/mol. The van der Waals surface area contributed by atoms with Gasteiger partial charge in [-0.1, -0.05) is 18.2 Å². The van der Waals surface area contributed by atoms with Gasteiger partial charge >= 0.3 is 0 Å². The van der Waals surface area contributed by atoms with Crippen LogP contribution in [0.2, 0.25) is 0 Å². The number of hydrogen-bond acceptors (Lipinski definition) is 4. The third kappa shape index (κ3) is 4.83. The van der Waals surface area contributed by atoms with Gasteiger partial charge in [0, 0.05) is 0 Å². The van der Waals surface area contributed by atoms with Crippen LogP contribution in [0.25, 0.3) is 0 Å². The van der Waals surface area contributed by atoms with Crippen LogP contribution < -0.4 is 4.74 Å². The summed E-state index contributed by atoms with van der Waals surface area (Å²) in [6, 6.07) is 7.91. The Hall–Kier alpha value is -1.36. The van der Waals surface area contributed by atoms with Crippen LogP contribution in [0.3, 0.4) is 0 Å². The maximum atomic E-state index is 6.09. The van der Waals surface area contributed by atoms with Crippen molar-refractivity contribution < 1.29 is 18.9 Å². The van der Waals surface area contributed by atoms with Crippen molar-refractivity contribution in [3.05, 3.63) is 42.5 Å². The third-order valence-corrected chi connectivity index (χ3v) is 3.72. The Morgan fingerprint density at radius 3 is 2.64 bits per heavy atom. The van der Waals surface area contributed by atoms with Crippen molar-refractivity contribution in [2.75, 3.05) is 13.7 Å². The van der Waals surface area contributed by atoms with Crippen molar-refractivity contribution in [2.45, 2.75) is 51.3 Å². The molecule has 0 amide bonds. The van der Waals surface area contributed by atoms with Crippen LogP contribution >= 0.6 is 0 Å². The minimum atomic E-state index is -0.527. The topological polar surface area (TPSA) is 36.9 Å². The molecule has 0 aromatic heterocycles. The van der Waals surface area contributed by atoms with Gasteiger partial charge in [-0.3, -0.25) is 0 Å². The Bertz CT molecular complexity index is 466. The molecule has 1 aliphatic rings. The third-order valence-electron chi connectivity index (χ3n) is 3.72. The molecule has 0 aliphatic carbocycles. The maximum absolute atomic E-state index is 6.09. The largest absolute Gasteiger partial charge is 0.497 e. The molecule has 0 unspecified atom stereocenters. The standard InChI is InChI=1S/C18H26O4/c1-5-6-7-16(17-13-21-18(2,3)22-17)20-12-14-8-10-15(19-4)11-9-14/h5,8-11,16-17H,1,6-7,12-13H2,2-4H3/t16-,17-/m0/s1. The van der Waals surface area contributed by atoms with E-state index in [0.29, 0.717) is 13.2 Å². The predicted molar refractivity (Wildman–Crippen MR) is 85.9 cm³/mol. The highest BCUT2D eigenvalue weighted by Crippen LogP contribution is 2.27. The highest BCUT2D eigenvalue weighted by atomic mass is 16.7. The van der Waals surface area contributed by atoms with Crippen molar-refractivity contribution in [3.63, 3.8) is 0 Å². The lowest BCUT2D eigenvalue weighted by atomic mass is 10.1. The van der Waals surface area contributed by atoms with Crippen LogP contribution in [0.1, 0.15) is 32.3 Å². The lowest BCUT2D eigenvalue weighted by Gasteiger charge is -2.24. The molecule has 1 aromatic carbocycles. The molecule has 0 bridgehead atoms. The number of allylic oxidation sites excluding steroid dienone is 1. The van der Waals surface area contributed by atoms with Crippen molar-refractivity contribution in [1.82, 2.24) is 0 Å². The summed E-state index contributed by atoms with van der Waals surface area (Å²) in [6.07, 6.45) is 3.65. The average molecular weight is 306 g/mol. The quantitative estimate of drug-likeness (QED) is 0.686. The first kappa shape index (κ1) is 17.0. The molecule has 22 heavy (non-hydrogen) atoms. The second-order valence-electron chi connectivity index (χ2n) is 5.93. The van der Waals surface area contributed by atoms with E-state index in [4.69, 9.17) is 18.9 Å². The van der Waals surface area contributed by atoms with Crippen molar-refractivity contribution in [2.24, 2.45) is 0 Å². The van der Waals surface area contributed by atoms with E-state index in [9.17, 15) is 0 Å². The Balaban J connectivity index is 1.92. The molecule has 1 fully saturated rings. The van der Waals surface area contributed by atoms with Crippen LogP contribution in [-0.4, -0.2) is 31.7 Å². The molecule has 4 heteroatoms. The fraction of sp³-hybridized carbons (Fsp3) is 0.556. The molecule has 1 aliphatic heterocycles. The molecule has 1 saturated heterocycles. The van der Waals surface area contributed by atoms with Crippen LogP contribution in [-0.2, 0) is 20.8 Å². The Labute approximate surface area is 133 Å². The molecule has 1 heterocycles. The summed E-state index contributed by atoms with van der Waals surface area (Å²) >= 11 is 0. The molecule has 2 rings (SSSR count). The summed E-state index contributed by atoms with van der Waals surface area (Å²) in [5, 5.41) is 0. The molecule has 0 spiro atoms. The molecule has 0 N–H and O–H groups in total. The van der Waals surface area contributed by atoms with Gasteiger partial charge in [0.2, 0.25) is 0 Å². The van der Waals surface area contributed by atoms with Crippen molar-refractivity contribution in [1.29, 1.82) is 0 Å². The molecule has 0 saturated carbocycles. The van der Waals surface area contributed by atoms with E-state index < -0.39 is 5.79 Å². The lowest BCUT2D eigenvalue weighted by molar-refractivity contribution is -0.158. The van der Waals surface area contributed by atoms with Gasteiger partial charge in [0.15, 0.2) is 5.79 Å². The lowest BCUT2D eigenvalue weighted by Crippen LogP contribution is -2.33. The van der Waals surface area contributed by atoms with Gasteiger partial charge in [-0.25, -0.2) is 0 Å². The van der Waals surface area contributed by atoms with Gasteiger partial charge in [0.1, 0.15) is 11.9 Å². The highest BCUT2D eigenvalue weighted by molar-refractivity contribution is 5.26. The van der Waals surface area contributed by atoms with Gasteiger partial charge in [-0.2, -0.15) is 0 Å². The number of methoxy groups -OCH3 is 1. The number of rotatable bonds is 8. The van der Waals surface area contributed by atoms with Crippen molar-refractivity contribution >= 4 is 0 Å². The summed E-state index contributed by atoms with van der Waals surface area (Å²) in [7, 11) is 1.66. The van der Waals surface area contributed by atoms with E-state index in [1.165, 1.54) is 0 Å². The molecule has 122 valence electrons. The number of hydrogen-bond donors (Lipinski definition) is 0. The maximum Gasteiger partial charge on any atom is 0.163 e. The van der Waals surface area contributed by atoms with Gasteiger partial charge in [-0.15, -0.1) is 6.58 Å². The fourth-order valence-corrected chi connectivity index (χ4v) is 2.48. The molecule has 0 radical (unpaired) electrons. The van der Waals surface area contributed by atoms with E-state index in [1.807, 2.05) is 44.2 Å². The molecular formula is C18H26O4. The minimum absolute atomic E-state index is 0.00174. The molecular weight excluding hydrogens is 280 g/mol. The van der Waals surface area contributed by atoms with E-state index in [0.717, 1.165) is 24.2 Å². The van der Waals surface area contributed by atoms with Gasteiger partial charge in [0.05, 0.1) is 26.4 Å². The first-order chi connectivity index (χ1) is 10.5. The predicted octanol–water partition coefficient (Wildman–Crippen LogP) is 3.70. The SMILES string of the molecule is C=CCC[C@H](OCc1ccc(OC)cc1)[C@@H]1COC(C)(C)O1. The smallest absolute Gasteiger partial charge is 0.163 e. The van der Waals surface area contributed by atoms with E-state index >= 15 is 0 Å². The van der Waals surface area contributed by atoms with Gasteiger partial charge < -0.3 is 18.9 Å². The summed E-state index contributed by atoms with van der Waals surface area (Å²) in [5.74, 6) is 0.321. The van der Waals surface area contributed by atoms with E-state index in [2.05, 4.69) is 6.58 Å². The van der Waals surface area contributed by atoms with Gasteiger partial charge in [0.25, 0.3) is 0 Å². The van der Waals surface area contributed by atoms with Gasteiger partial charge in [-0.05, 0) is 44.4 Å². The van der Waals surface area contributed by atoms with Crippen molar-refractivity contribution in [3.8, 4) is 5.75 Å². The Morgan fingerprint density at radius 2 is 2.09 bits per heavy atom. The second-order valence-corrected chi connectivity index (χ2v) is 5.93. The van der Waals surface area contributed by atoms with Crippen LogP contribution in [0.15, 0.2) is 36.9 Å². The Morgan fingerprint density at radius 1 is 1.36 bits per heavy atom. The normalized spacial score (nSPS) is 21.5. The summed E-state index contributed by atoms with van der Waals surface area (Å²) in [6.45, 7) is 8.76. The van der Waals surface area contributed by atoms with E-state index in [-0.39, 0.29) is 12.2 Å². The second kappa shape index (κ2) is 7.77. The zero-order valence-electron chi connectivity index (χ0n) is 13.7. The zero-order valence-corrected chi connectivity index (χ0v) is 13.7. The highest BCUT2D eigenvalue weighted by Gasteiger charge is 2.37. The summed E-state index contributed by atoms with van der Waals surface area (Å²) in [4.78, 5) is 0. The zero-order chi connectivity index (χ0) is 16.0. The first-order valence-electron chi connectivity index (χ1n) is 7.71. The van der Waals surface area contributed by atoms with Crippen LogP contribution in [0.5, 0.6) is 5.75 Å². The summed E-state index contributed by atoms with van der Waals surface area (Å²) < 4.78 is 22.8. The number of benzene rings is 1. The molecule has 2 atom stereocenters. The number of ether oxygens (including phenoxy) is 4. The first-order valence-corrected chi connectivity index (χ1v) is 7.71. The van der Waals surface area contributed by atoms with Crippen LogP contribution in [0.4, 0.5) is 0 Å². The van der Waals surface area contributed by atoms with Crippen LogP contribution in [0, 0.1) is 0 Å².